The molecule has 0 radical (unpaired) electrons. The zero-order valence-electron chi connectivity index (χ0n) is 11.9. The van der Waals surface area contributed by atoms with Crippen LogP contribution in [0.1, 0.15) is 30.3 Å². The number of hydrogen-bond acceptors (Lipinski definition) is 3. The lowest BCUT2D eigenvalue weighted by molar-refractivity contribution is 0.162. The molecular weight excluding hydrogens is 274 g/mol. The molecule has 0 bridgehead atoms. The highest BCUT2D eigenvalue weighted by atomic mass is 35.5. The zero-order valence-corrected chi connectivity index (χ0v) is 12.6. The molecular formula is C15H20ClN3O. The summed E-state index contributed by atoms with van der Waals surface area (Å²) >= 11 is 6.29. The van der Waals surface area contributed by atoms with Gasteiger partial charge in [0.1, 0.15) is 0 Å². The van der Waals surface area contributed by atoms with Crippen LogP contribution in [0.4, 0.5) is 0 Å². The summed E-state index contributed by atoms with van der Waals surface area (Å²) in [5.41, 5.74) is 2.93. The first-order valence-corrected chi connectivity index (χ1v) is 7.26. The molecule has 0 saturated heterocycles. The Bertz CT molecular complexity index is 554. The SMILES string of the molecule is CCc1nn(C)c(CC(O)CCc2cccnc2)c1Cl. The second-order valence-corrected chi connectivity index (χ2v) is 5.32. The maximum absolute atomic E-state index is 10.2. The molecule has 0 saturated carbocycles. The van der Waals surface area contributed by atoms with Crippen molar-refractivity contribution in [3.05, 3.63) is 46.5 Å². The van der Waals surface area contributed by atoms with Crippen molar-refractivity contribution in [1.82, 2.24) is 14.8 Å². The highest BCUT2D eigenvalue weighted by Crippen LogP contribution is 2.22. The van der Waals surface area contributed by atoms with Crippen LogP contribution < -0.4 is 0 Å². The van der Waals surface area contributed by atoms with Crippen molar-refractivity contribution in [2.24, 2.45) is 7.05 Å². The van der Waals surface area contributed by atoms with Gasteiger partial charge in [0.25, 0.3) is 0 Å². The quantitative estimate of drug-likeness (QED) is 0.890. The maximum atomic E-state index is 10.2. The van der Waals surface area contributed by atoms with E-state index in [2.05, 4.69) is 10.1 Å². The first-order valence-electron chi connectivity index (χ1n) is 6.89. The van der Waals surface area contributed by atoms with Gasteiger partial charge in [-0.25, -0.2) is 0 Å². The third-order valence-electron chi connectivity index (χ3n) is 3.42. The largest absolute Gasteiger partial charge is 0.393 e. The number of aromatic nitrogens is 3. The number of aliphatic hydroxyl groups is 1. The molecule has 108 valence electrons. The number of nitrogens with zero attached hydrogens (tertiary/aromatic N) is 3. The Hall–Kier alpha value is -1.39. The molecule has 0 aliphatic heterocycles. The standard InChI is InChI=1S/C15H20ClN3O/c1-3-13-15(16)14(19(2)18-13)9-12(20)7-6-11-5-4-8-17-10-11/h4-5,8,10,12,20H,3,6-7,9H2,1-2H3. The van der Waals surface area contributed by atoms with Gasteiger partial charge in [0.05, 0.1) is 22.5 Å². The summed E-state index contributed by atoms with van der Waals surface area (Å²) in [5, 5.41) is 15.2. The predicted molar refractivity (Wildman–Crippen MR) is 79.9 cm³/mol. The number of aliphatic hydroxyl groups excluding tert-OH is 1. The van der Waals surface area contributed by atoms with Crippen LogP contribution in [0.15, 0.2) is 24.5 Å². The van der Waals surface area contributed by atoms with Gasteiger partial charge >= 0.3 is 0 Å². The van der Waals surface area contributed by atoms with Gasteiger partial charge in [0.15, 0.2) is 0 Å². The van der Waals surface area contributed by atoms with Gasteiger partial charge in [0, 0.05) is 25.9 Å². The Morgan fingerprint density at radius 1 is 1.45 bits per heavy atom. The molecule has 2 aromatic heterocycles. The van der Waals surface area contributed by atoms with Crippen LogP contribution in [0.3, 0.4) is 0 Å². The molecule has 0 aliphatic rings. The van der Waals surface area contributed by atoms with Crippen LogP contribution in [-0.2, 0) is 26.3 Å². The van der Waals surface area contributed by atoms with Gasteiger partial charge in [-0.05, 0) is 30.9 Å². The molecule has 20 heavy (non-hydrogen) atoms. The maximum Gasteiger partial charge on any atom is 0.0850 e. The third kappa shape index (κ3) is 3.58. The number of rotatable bonds is 6. The minimum Gasteiger partial charge on any atom is -0.393 e. The van der Waals surface area contributed by atoms with Gasteiger partial charge < -0.3 is 5.11 Å². The molecule has 0 aliphatic carbocycles. The van der Waals surface area contributed by atoms with Gasteiger partial charge in [-0.2, -0.15) is 5.10 Å². The first kappa shape index (κ1) is 15.0. The fourth-order valence-corrected chi connectivity index (χ4v) is 2.62. The van der Waals surface area contributed by atoms with Crippen molar-refractivity contribution in [3.63, 3.8) is 0 Å². The molecule has 5 heteroatoms. The van der Waals surface area contributed by atoms with E-state index in [0.29, 0.717) is 17.9 Å². The van der Waals surface area contributed by atoms with Crippen LogP contribution in [-0.4, -0.2) is 26.0 Å². The minimum absolute atomic E-state index is 0.423. The summed E-state index contributed by atoms with van der Waals surface area (Å²) in [6.07, 6.45) is 5.99. The highest BCUT2D eigenvalue weighted by Gasteiger charge is 2.16. The fraction of sp³-hybridized carbons (Fsp3) is 0.467. The van der Waals surface area contributed by atoms with E-state index < -0.39 is 6.10 Å². The molecule has 2 heterocycles. The van der Waals surface area contributed by atoms with E-state index in [1.54, 1.807) is 10.9 Å². The van der Waals surface area contributed by atoms with Crippen molar-refractivity contribution in [2.45, 2.75) is 38.7 Å². The molecule has 0 spiro atoms. The van der Waals surface area contributed by atoms with Gasteiger partial charge in [-0.15, -0.1) is 0 Å². The Labute approximate surface area is 124 Å². The predicted octanol–water partition coefficient (Wildman–Crippen LogP) is 2.57. The molecule has 1 atom stereocenters. The number of pyridine rings is 1. The molecule has 0 aromatic carbocycles. The summed E-state index contributed by atoms with van der Waals surface area (Å²) in [5.74, 6) is 0. The van der Waals surface area contributed by atoms with Crippen LogP contribution in [0, 0.1) is 0 Å². The molecule has 0 fully saturated rings. The summed E-state index contributed by atoms with van der Waals surface area (Å²) < 4.78 is 1.77. The second-order valence-electron chi connectivity index (χ2n) is 4.94. The highest BCUT2D eigenvalue weighted by molar-refractivity contribution is 6.31. The van der Waals surface area contributed by atoms with Crippen molar-refractivity contribution in [1.29, 1.82) is 0 Å². The van der Waals surface area contributed by atoms with E-state index in [1.807, 2.05) is 32.3 Å². The third-order valence-corrected chi connectivity index (χ3v) is 3.86. The normalized spacial score (nSPS) is 12.6. The second kappa shape index (κ2) is 6.86. The van der Waals surface area contributed by atoms with E-state index in [4.69, 9.17) is 11.6 Å². The number of halogens is 1. The summed E-state index contributed by atoms with van der Waals surface area (Å²) in [6.45, 7) is 2.02. The molecule has 1 N–H and O–H groups in total. The monoisotopic (exact) mass is 293 g/mol. The Morgan fingerprint density at radius 3 is 2.85 bits per heavy atom. The van der Waals surface area contributed by atoms with Crippen molar-refractivity contribution in [2.75, 3.05) is 0 Å². The first-order chi connectivity index (χ1) is 9.61. The number of hydrogen-bond donors (Lipinski definition) is 1. The fourth-order valence-electron chi connectivity index (χ4n) is 2.25. The van der Waals surface area contributed by atoms with E-state index in [1.165, 1.54) is 0 Å². The Balaban J connectivity index is 1.95. The van der Waals surface area contributed by atoms with Gasteiger partial charge in [0.2, 0.25) is 0 Å². The van der Waals surface area contributed by atoms with Crippen molar-refractivity contribution in [3.8, 4) is 0 Å². The summed E-state index contributed by atoms with van der Waals surface area (Å²) in [6, 6.07) is 3.93. The average Bonchev–Trinajstić information content (AvgIpc) is 2.73. The van der Waals surface area contributed by atoms with E-state index in [-0.39, 0.29) is 0 Å². The van der Waals surface area contributed by atoms with E-state index >= 15 is 0 Å². The van der Waals surface area contributed by atoms with Crippen LogP contribution in [0.5, 0.6) is 0 Å². The topological polar surface area (TPSA) is 50.9 Å². The Morgan fingerprint density at radius 2 is 2.25 bits per heavy atom. The number of aryl methyl sites for hydroxylation is 3. The Kier molecular flexibility index (Phi) is 5.15. The van der Waals surface area contributed by atoms with Crippen LogP contribution in [0.2, 0.25) is 5.02 Å². The molecule has 2 rings (SSSR count). The molecule has 0 amide bonds. The minimum atomic E-state index is -0.423. The lowest BCUT2D eigenvalue weighted by atomic mass is 10.0. The summed E-state index contributed by atoms with van der Waals surface area (Å²) in [4.78, 5) is 4.07. The molecule has 1 unspecified atom stereocenters. The summed E-state index contributed by atoms with van der Waals surface area (Å²) in [7, 11) is 1.87. The zero-order chi connectivity index (χ0) is 14.5. The lowest BCUT2D eigenvalue weighted by Gasteiger charge is -2.11. The van der Waals surface area contributed by atoms with Crippen LogP contribution >= 0.6 is 11.6 Å². The lowest BCUT2D eigenvalue weighted by Crippen LogP contribution is -2.14. The van der Waals surface area contributed by atoms with Crippen molar-refractivity contribution < 1.29 is 5.11 Å². The van der Waals surface area contributed by atoms with E-state index in [9.17, 15) is 5.11 Å². The smallest absolute Gasteiger partial charge is 0.0850 e. The molecule has 4 nitrogen and oxygen atoms in total. The average molecular weight is 294 g/mol. The van der Waals surface area contributed by atoms with E-state index in [0.717, 1.165) is 29.8 Å². The van der Waals surface area contributed by atoms with Crippen molar-refractivity contribution >= 4 is 11.6 Å². The van der Waals surface area contributed by atoms with Gasteiger partial charge in [-0.1, -0.05) is 24.6 Å². The van der Waals surface area contributed by atoms with Crippen LogP contribution in [0.25, 0.3) is 0 Å². The molecule has 2 aromatic rings. The van der Waals surface area contributed by atoms with Gasteiger partial charge in [-0.3, -0.25) is 9.67 Å².